The predicted octanol–water partition coefficient (Wildman–Crippen LogP) is 14.1. The third-order valence-electron chi connectivity index (χ3n) is 13.3. The number of allylic oxidation sites excluding steroid dienone is 11. The molecule has 6 N–H and O–H groups in total. The van der Waals surface area contributed by atoms with Gasteiger partial charge in [0.05, 0.1) is 25.4 Å². The number of aliphatic hydroxyl groups is 5. The van der Waals surface area contributed by atoms with Gasteiger partial charge in [0.1, 0.15) is 24.4 Å². The Labute approximate surface area is 423 Å². The van der Waals surface area contributed by atoms with E-state index in [1.165, 1.54) is 154 Å². The Hall–Kier alpha value is -2.37. The Bertz CT molecular complexity index is 1310. The quantitative estimate of drug-likeness (QED) is 0.0261. The van der Waals surface area contributed by atoms with Crippen molar-refractivity contribution in [1.29, 1.82) is 0 Å². The van der Waals surface area contributed by atoms with E-state index in [-0.39, 0.29) is 12.5 Å². The lowest BCUT2D eigenvalue weighted by atomic mass is 9.99. The fourth-order valence-electron chi connectivity index (χ4n) is 8.77. The fraction of sp³-hybridized carbons (Fsp3) is 0.783. The molecule has 1 rings (SSSR count). The summed E-state index contributed by atoms with van der Waals surface area (Å²) in [5, 5.41) is 54.5. The number of rotatable bonds is 48. The number of aliphatic hydroxyl groups excluding tert-OH is 5. The molecule has 9 heteroatoms. The van der Waals surface area contributed by atoms with Gasteiger partial charge >= 0.3 is 0 Å². The largest absolute Gasteiger partial charge is 0.394 e. The molecule has 1 fully saturated rings. The molecular formula is C60H107NO8. The lowest BCUT2D eigenvalue weighted by molar-refractivity contribution is -0.302. The monoisotopic (exact) mass is 970 g/mol. The zero-order valence-corrected chi connectivity index (χ0v) is 44.3. The van der Waals surface area contributed by atoms with Crippen LogP contribution in [0, 0.1) is 0 Å². The van der Waals surface area contributed by atoms with Gasteiger partial charge in [-0.1, -0.05) is 247 Å². The molecule has 7 unspecified atom stereocenters. The highest BCUT2D eigenvalue weighted by Crippen LogP contribution is 2.23. The highest BCUT2D eigenvalue weighted by Gasteiger charge is 2.44. The minimum atomic E-state index is -1.57. The van der Waals surface area contributed by atoms with Crippen LogP contribution >= 0.6 is 0 Å². The molecule has 7 atom stereocenters. The van der Waals surface area contributed by atoms with Crippen LogP contribution in [0.3, 0.4) is 0 Å². The smallest absolute Gasteiger partial charge is 0.220 e. The lowest BCUT2D eigenvalue weighted by Crippen LogP contribution is -2.60. The van der Waals surface area contributed by atoms with Gasteiger partial charge in [0.25, 0.3) is 0 Å². The SMILES string of the molecule is CC/C=C\C/C=C\C/C=C\C/C=C\C/C=C\CCCCCCCCCCCCCCCC(=O)NC(COC1OC(CO)C(O)C(O)C1O)C(O)/C=C/CCCCCCCCCCCCCCCCC. The molecule has 0 radical (unpaired) electrons. The molecule has 1 aliphatic rings. The van der Waals surface area contributed by atoms with E-state index in [4.69, 9.17) is 9.47 Å². The zero-order valence-electron chi connectivity index (χ0n) is 44.3. The van der Waals surface area contributed by atoms with Gasteiger partial charge < -0.3 is 40.3 Å². The van der Waals surface area contributed by atoms with E-state index in [1.807, 2.05) is 6.08 Å². The second kappa shape index (κ2) is 49.2. The van der Waals surface area contributed by atoms with Crippen LogP contribution in [-0.4, -0.2) is 87.5 Å². The maximum atomic E-state index is 13.1. The number of hydrogen-bond donors (Lipinski definition) is 6. The van der Waals surface area contributed by atoms with Crippen molar-refractivity contribution in [3.05, 3.63) is 72.9 Å². The molecule has 1 aliphatic heterocycles. The number of ether oxygens (including phenoxy) is 2. The molecule has 0 spiro atoms. The molecule has 0 aromatic carbocycles. The number of carbonyl (C=O) groups is 1. The highest BCUT2D eigenvalue weighted by molar-refractivity contribution is 5.76. The third kappa shape index (κ3) is 38.9. The second-order valence-electron chi connectivity index (χ2n) is 19.7. The molecule has 1 heterocycles. The van der Waals surface area contributed by atoms with E-state index in [1.54, 1.807) is 6.08 Å². The molecule has 0 aromatic heterocycles. The standard InChI is InChI=1S/C60H107NO8/c1-3-5-7-9-11-13-15-17-19-21-22-23-24-25-26-27-28-29-30-31-32-34-36-38-40-42-44-46-48-50-56(64)61-53(52-68-60-59(67)58(66)57(65)55(51-62)69-60)54(63)49-47-45-43-41-39-37-35-33-20-18-16-14-12-10-8-6-4-2/h5,7,11,13,17,19,22-23,25-26,47,49,53-55,57-60,62-63,65-67H,3-4,6,8-10,12,14-16,18,20-21,24,27-46,48,50-52H2,1-2H3,(H,61,64)/b7-5-,13-11-,19-17-,23-22-,26-25-,49-47+. The van der Waals surface area contributed by atoms with Crippen LogP contribution in [0.2, 0.25) is 0 Å². The maximum absolute atomic E-state index is 13.1. The van der Waals surface area contributed by atoms with E-state index in [9.17, 15) is 30.3 Å². The van der Waals surface area contributed by atoms with Gasteiger partial charge in [-0.3, -0.25) is 4.79 Å². The molecule has 0 saturated carbocycles. The van der Waals surface area contributed by atoms with Gasteiger partial charge in [0, 0.05) is 6.42 Å². The molecule has 400 valence electrons. The van der Waals surface area contributed by atoms with Gasteiger partial charge in [-0.05, 0) is 64.2 Å². The Balaban J connectivity index is 2.21. The van der Waals surface area contributed by atoms with E-state index in [2.05, 4.69) is 79.9 Å². The summed E-state index contributed by atoms with van der Waals surface area (Å²) in [4.78, 5) is 13.1. The summed E-state index contributed by atoms with van der Waals surface area (Å²) < 4.78 is 11.3. The van der Waals surface area contributed by atoms with Crippen molar-refractivity contribution in [3.63, 3.8) is 0 Å². The Morgan fingerprint density at radius 1 is 0.507 bits per heavy atom. The molecule has 9 nitrogen and oxygen atoms in total. The Morgan fingerprint density at radius 3 is 1.33 bits per heavy atom. The van der Waals surface area contributed by atoms with Crippen LogP contribution in [-0.2, 0) is 14.3 Å². The fourth-order valence-corrected chi connectivity index (χ4v) is 8.77. The summed E-state index contributed by atoms with van der Waals surface area (Å²) in [6.45, 7) is 3.68. The number of unbranched alkanes of at least 4 members (excludes halogenated alkanes) is 28. The normalized spacial score (nSPS) is 20.0. The maximum Gasteiger partial charge on any atom is 0.220 e. The van der Waals surface area contributed by atoms with Crippen LogP contribution in [0.15, 0.2) is 72.9 Å². The first-order valence-corrected chi connectivity index (χ1v) is 28.7. The van der Waals surface area contributed by atoms with E-state index in [0.29, 0.717) is 6.42 Å². The molecule has 1 saturated heterocycles. The molecule has 0 bridgehead atoms. The van der Waals surface area contributed by atoms with Crippen LogP contribution in [0.4, 0.5) is 0 Å². The summed E-state index contributed by atoms with van der Waals surface area (Å²) in [6.07, 6.45) is 61.0. The predicted molar refractivity (Wildman–Crippen MR) is 290 cm³/mol. The lowest BCUT2D eigenvalue weighted by Gasteiger charge is -2.40. The van der Waals surface area contributed by atoms with E-state index < -0.39 is 49.5 Å². The Kier molecular flexibility index (Phi) is 46.1. The third-order valence-corrected chi connectivity index (χ3v) is 13.3. The van der Waals surface area contributed by atoms with Crippen molar-refractivity contribution in [2.45, 2.75) is 288 Å². The Morgan fingerprint density at radius 2 is 0.899 bits per heavy atom. The van der Waals surface area contributed by atoms with Crippen molar-refractivity contribution in [1.82, 2.24) is 5.32 Å². The van der Waals surface area contributed by atoms with E-state index in [0.717, 1.165) is 70.6 Å². The topological polar surface area (TPSA) is 149 Å². The summed E-state index contributed by atoms with van der Waals surface area (Å²) in [5.74, 6) is -0.179. The molecule has 0 aromatic rings. The van der Waals surface area contributed by atoms with Crippen LogP contribution in [0.5, 0.6) is 0 Å². The number of amides is 1. The molecular weight excluding hydrogens is 863 g/mol. The molecule has 0 aliphatic carbocycles. The second-order valence-corrected chi connectivity index (χ2v) is 19.7. The van der Waals surface area contributed by atoms with Gasteiger partial charge in [-0.15, -0.1) is 0 Å². The summed E-state index contributed by atoms with van der Waals surface area (Å²) in [7, 11) is 0. The van der Waals surface area contributed by atoms with Crippen molar-refractivity contribution in [2.24, 2.45) is 0 Å². The molecule has 69 heavy (non-hydrogen) atoms. The van der Waals surface area contributed by atoms with Gasteiger partial charge in [0.15, 0.2) is 6.29 Å². The summed E-state index contributed by atoms with van der Waals surface area (Å²) in [5.41, 5.74) is 0. The number of nitrogens with one attached hydrogen (secondary N) is 1. The van der Waals surface area contributed by atoms with Gasteiger partial charge in [0.2, 0.25) is 5.91 Å². The summed E-state index contributed by atoms with van der Waals surface area (Å²) in [6, 6.07) is -0.809. The van der Waals surface area contributed by atoms with Crippen LogP contribution in [0.1, 0.15) is 245 Å². The summed E-state index contributed by atoms with van der Waals surface area (Å²) >= 11 is 0. The van der Waals surface area contributed by atoms with Gasteiger partial charge in [-0.25, -0.2) is 0 Å². The average molecular weight is 971 g/mol. The first-order valence-electron chi connectivity index (χ1n) is 28.7. The average Bonchev–Trinajstić information content (AvgIpc) is 3.35. The van der Waals surface area contributed by atoms with E-state index >= 15 is 0 Å². The van der Waals surface area contributed by atoms with Crippen molar-refractivity contribution in [3.8, 4) is 0 Å². The minimum Gasteiger partial charge on any atom is -0.394 e. The minimum absolute atomic E-state index is 0.179. The number of carbonyl (C=O) groups excluding carboxylic acids is 1. The van der Waals surface area contributed by atoms with Crippen molar-refractivity contribution >= 4 is 5.91 Å². The first-order chi connectivity index (χ1) is 33.8. The zero-order chi connectivity index (χ0) is 50.1. The van der Waals surface area contributed by atoms with Gasteiger partial charge in [-0.2, -0.15) is 0 Å². The van der Waals surface area contributed by atoms with Crippen molar-refractivity contribution < 1.29 is 39.8 Å². The molecule has 1 amide bonds. The number of hydrogen-bond acceptors (Lipinski definition) is 8. The van der Waals surface area contributed by atoms with Crippen LogP contribution < -0.4 is 5.32 Å². The van der Waals surface area contributed by atoms with Crippen LogP contribution in [0.25, 0.3) is 0 Å². The first kappa shape index (κ1) is 64.6. The van der Waals surface area contributed by atoms with Crippen molar-refractivity contribution in [2.75, 3.05) is 13.2 Å². The highest BCUT2D eigenvalue weighted by atomic mass is 16.7.